The van der Waals surface area contributed by atoms with Crippen molar-refractivity contribution in [3.8, 4) is 22.6 Å². The average Bonchev–Trinajstić information content (AvgIpc) is 3.40. The summed E-state index contributed by atoms with van der Waals surface area (Å²) < 4.78 is 5.28. The molecule has 2 heterocycles. The molecule has 1 aromatic heterocycles. The third-order valence-corrected chi connectivity index (χ3v) is 6.62. The van der Waals surface area contributed by atoms with Gasteiger partial charge in [0.15, 0.2) is 6.33 Å². The molecule has 0 saturated heterocycles. The number of nitrogens with zero attached hydrogens (tertiary/aromatic N) is 3. The van der Waals surface area contributed by atoms with Gasteiger partial charge in [-0.3, -0.25) is 9.59 Å². The highest BCUT2D eigenvalue weighted by atomic mass is 16.5. The van der Waals surface area contributed by atoms with Crippen LogP contribution in [-0.4, -0.2) is 33.5 Å². The summed E-state index contributed by atoms with van der Waals surface area (Å²) in [5.74, 6) is 0.123. The fourth-order valence-corrected chi connectivity index (χ4v) is 4.86. The lowest BCUT2D eigenvalue weighted by Gasteiger charge is -2.27. The van der Waals surface area contributed by atoms with Crippen LogP contribution in [0.25, 0.3) is 22.6 Å². The van der Waals surface area contributed by atoms with Crippen molar-refractivity contribution in [1.29, 1.82) is 0 Å². The van der Waals surface area contributed by atoms with Gasteiger partial charge in [0.1, 0.15) is 6.04 Å². The predicted molar refractivity (Wildman–Crippen MR) is 146 cm³/mol. The van der Waals surface area contributed by atoms with Gasteiger partial charge in [-0.05, 0) is 61.1 Å². The molecule has 0 fully saturated rings. The number of carbonyl (C=O) groups excluding carboxylic acids is 2. The number of para-hydroxylation sites is 1. The summed E-state index contributed by atoms with van der Waals surface area (Å²) in [5, 5.41) is 6.67. The second-order valence-electron chi connectivity index (χ2n) is 10.4. The van der Waals surface area contributed by atoms with Crippen LogP contribution in [0.1, 0.15) is 37.8 Å². The van der Waals surface area contributed by atoms with Crippen molar-refractivity contribution < 1.29 is 14.1 Å². The molecule has 4 aromatic rings. The average molecular weight is 510 g/mol. The fourth-order valence-electron chi connectivity index (χ4n) is 4.86. The van der Waals surface area contributed by atoms with Crippen molar-refractivity contribution in [3.63, 3.8) is 0 Å². The van der Waals surface area contributed by atoms with Crippen molar-refractivity contribution in [2.45, 2.75) is 51.2 Å². The Bertz CT molecular complexity index is 1430. The molecule has 5 rings (SSSR count). The van der Waals surface area contributed by atoms with Gasteiger partial charge in [0.05, 0.1) is 6.54 Å². The molecule has 194 valence electrons. The number of aryl methyl sites for hydroxylation is 1. The monoisotopic (exact) mass is 509 g/mol. The maximum Gasteiger partial charge on any atom is 0.258 e. The van der Waals surface area contributed by atoms with Crippen LogP contribution >= 0.6 is 0 Å². The maximum atomic E-state index is 13.7. The number of fused-ring (bicyclic) bond motifs is 1. The molecule has 0 radical (unpaired) electrons. The van der Waals surface area contributed by atoms with E-state index in [0.717, 1.165) is 33.5 Å². The van der Waals surface area contributed by atoms with Gasteiger partial charge in [-0.25, -0.2) is 0 Å². The summed E-state index contributed by atoms with van der Waals surface area (Å²) in [6.45, 7) is 3.98. The quantitative estimate of drug-likeness (QED) is 0.379. The molecule has 3 aromatic carbocycles. The third kappa shape index (κ3) is 5.65. The second kappa shape index (κ2) is 10.6. The number of anilines is 1. The van der Waals surface area contributed by atoms with E-state index in [4.69, 9.17) is 10.3 Å². The number of rotatable bonds is 7. The number of aromatic nitrogens is 2. The lowest BCUT2D eigenvalue weighted by molar-refractivity contribution is -0.128. The van der Waals surface area contributed by atoms with Crippen molar-refractivity contribution in [2.24, 2.45) is 5.73 Å². The highest BCUT2D eigenvalue weighted by molar-refractivity contribution is 6.00. The summed E-state index contributed by atoms with van der Waals surface area (Å²) in [6, 6.07) is 23.3. The summed E-state index contributed by atoms with van der Waals surface area (Å²) in [5.41, 5.74) is 11.1. The van der Waals surface area contributed by atoms with E-state index in [1.165, 1.54) is 6.33 Å². The molecule has 1 aliphatic heterocycles. The lowest BCUT2D eigenvalue weighted by atomic mass is 9.98. The van der Waals surface area contributed by atoms with E-state index in [9.17, 15) is 9.59 Å². The van der Waals surface area contributed by atoms with Crippen LogP contribution in [0.15, 0.2) is 83.6 Å². The largest absolute Gasteiger partial charge is 0.344 e. The fraction of sp³-hybridized carbons (Fsp3) is 0.267. The molecule has 0 saturated carbocycles. The lowest BCUT2D eigenvalue weighted by Crippen LogP contribution is -2.49. The van der Waals surface area contributed by atoms with Gasteiger partial charge in [0.2, 0.25) is 11.8 Å². The minimum absolute atomic E-state index is 0.121. The number of hydrogen-bond donors (Lipinski definition) is 2. The van der Waals surface area contributed by atoms with Crippen molar-refractivity contribution >= 4 is 17.5 Å². The topological polar surface area (TPSA) is 114 Å². The number of amides is 2. The second-order valence-corrected chi connectivity index (χ2v) is 10.4. The Labute approximate surface area is 221 Å². The molecular formula is C30H31N5O3. The van der Waals surface area contributed by atoms with Crippen LogP contribution in [0.4, 0.5) is 5.69 Å². The smallest absolute Gasteiger partial charge is 0.258 e. The summed E-state index contributed by atoms with van der Waals surface area (Å²) in [4.78, 5) is 32.3. The number of hydrogen-bond acceptors (Lipinski definition) is 6. The first-order valence-corrected chi connectivity index (χ1v) is 12.7. The number of nitrogens with two attached hydrogens (primary N) is 1. The molecule has 0 bridgehead atoms. The van der Waals surface area contributed by atoms with Gasteiger partial charge in [0, 0.05) is 23.2 Å². The van der Waals surface area contributed by atoms with Crippen molar-refractivity contribution in [3.05, 3.63) is 90.3 Å². The molecule has 1 atom stereocenters. The summed E-state index contributed by atoms with van der Waals surface area (Å²) in [7, 11) is 0. The zero-order chi connectivity index (χ0) is 26.7. The van der Waals surface area contributed by atoms with Gasteiger partial charge in [0.25, 0.3) is 5.89 Å². The normalized spacial score (nSPS) is 15.6. The molecule has 3 N–H and O–H groups in total. The molecular weight excluding hydrogens is 478 g/mol. The highest BCUT2D eigenvalue weighted by Crippen LogP contribution is 2.32. The SMILES string of the molecule is CC(C)(N)CC(=O)NC1CCc2ccccc2N(Cc2ccc(-c3ccccc3-c3ncno3)cc2)C1=O. The minimum Gasteiger partial charge on any atom is -0.344 e. The standard InChI is InChI=1S/C30H31N5O3/c1-30(2,31)17-27(36)34-25-16-15-22-7-3-6-10-26(22)35(29(25)37)18-20-11-13-21(14-12-20)23-8-4-5-9-24(23)28-32-19-33-38-28/h3-14,19,25H,15-18,31H2,1-2H3,(H,34,36). The molecule has 1 unspecified atom stereocenters. The molecule has 8 nitrogen and oxygen atoms in total. The van der Waals surface area contributed by atoms with Gasteiger partial charge >= 0.3 is 0 Å². The maximum absolute atomic E-state index is 13.7. The first kappa shape index (κ1) is 25.4. The molecule has 38 heavy (non-hydrogen) atoms. The van der Waals surface area contributed by atoms with Gasteiger partial charge in [-0.2, -0.15) is 4.98 Å². The van der Waals surface area contributed by atoms with Crippen LogP contribution in [-0.2, 0) is 22.6 Å². The molecule has 0 spiro atoms. The number of nitrogens with one attached hydrogen (secondary N) is 1. The van der Waals surface area contributed by atoms with Gasteiger partial charge in [-0.15, -0.1) is 0 Å². The molecule has 8 heteroatoms. The van der Waals surface area contributed by atoms with Crippen LogP contribution < -0.4 is 16.0 Å². The van der Waals surface area contributed by atoms with Crippen LogP contribution in [0.2, 0.25) is 0 Å². The minimum atomic E-state index is -0.648. The zero-order valence-corrected chi connectivity index (χ0v) is 21.6. The summed E-state index contributed by atoms with van der Waals surface area (Å²) >= 11 is 0. The highest BCUT2D eigenvalue weighted by Gasteiger charge is 2.32. The Kier molecular flexibility index (Phi) is 7.07. The predicted octanol–water partition coefficient (Wildman–Crippen LogP) is 4.50. The zero-order valence-electron chi connectivity index (χ0n) is 21.6. The third-order valence-electron chi connectivity index (χ3n) is 6.62. The van der Waals surface area contributed by atoms with E-state index in [2.05, 4.69) is 15.5 Å². The van der Waals surface area contributed by atoms with E-state index in [1.807, 2.05) is 72.8 Å². The van der Waals surface area contributed by atoms with Gasteiger partial charge in [-0.1, -0.05) is 65.8 Å². The number of benzene rings is 3. The Balaban J connectivity index is 1.40. The van der Waals surface area contributed by atoms with E-state index in [-0.39, 0.29) is 18.2 Å². The Morgan fingerprint density at radius 1 is 1.05 bits per heavy atom. The van der Waals surface area contributed by atoms with Crippen molar-refractivity contribution in [2.75, 3.05) is 4.90 Å². The van der Waals surface area contributed by atoms with Gasteiger partial charge < -0.3 is 20.5 Å². The van der Waals surface area contributed by atoms with E-state index < -0.39 is 11.6 Å². The van der Waals surface area contributed by atoms with Crippen LogP contribution in [0.5, 0.6) is 0 Å². The van der Waals surface area contributed by atoms with Crippen LogP contribution in [0.3, 0.4) is 0 Å². The van der Waals surface area contributed by atoms with Crippen LogP contribution in [0, 0.1) is 0 Å². The molecule has 2 amide bonds. The molecule has 1 aliphatic rings. The molecule has 0 aliphatic carbocycles. The Morgan fingerprint density at radius 2 is 1.76 bits per heavy atom. The van der Waals surface area contributed by atoms with E-state index in [1.54, 1.807) is 18.7 Å². The summed E-state index contributed by atoms with van der Waals surface area (Å²) in [6.07, 6.45) is 2.77. The Hall–Kier alpha value is -4.30. The Morgan fingerprint density at radius 3 is 2.47 bits per heavy atom. The first-order chi connectivity index (χ1) is 18.3. The van der Waals surface area contributed by atoms with E-state index in [0.29, 0.717) is 25.3 Å². The van der Waals surface area contributed by atoms with Crippen molar-refractivity contribution in [1.82, 2.24) is 15.5 Å². The van der Waals surface area contributed by atoms with E-state index >= 15 is 0 Å². The first-order valence-electron chi connectivity index (χ1n) is 12.7. The number of carbonyl (C=O) groups is 2.